The molecule has 9 heteroatoms. The van der Waals surface area contributed by atoms with Crippen LogP contribution in [0.5, 0.6) is 11.5 Å². The van der Waals surface area contributed by atoms with Gasteiger partial charge in [0.15, 0.2) is 11.5 Å². The smallest absolute Gasteiger partial charge is 0.241 e. The van der Waals surface area contributed by atoms with E-state index in [9.17, 15) is 4.79 Å². The fraction of sp³-hybridized carbons (Fsp3) is 0.667. The summed E-state index contributed by atoms with van der Waals surface area (Å²) in [7, 11) is 3.22. The molecule has 9 nitrogen and oxygen atoms in total. The second kappa shape index (κ2) is 11.6. The Morgan fingerprint density at radius 1 is 0.944 bits per heavy atom. The summed E-state index contributed by atoms with van der Waals surface area (Å²) in [5.74, 6) is 2.89. The molecule has 3 aliphatic rings. The van der Waals surface area contributed by atoms with Gasteiger partial charge in [-0.1, -0.05) is 24.4 Å². The zero-order valence-electron chi connectivity index (χ0n) is 21.7. The number of hydrogen-bond donors (Lipinski definition) is 0. The van der Waals surface area contributed by atoms with Crippen LogP contribution in [-0.2, 0) is 11.3 Å². The average Bonchev–Trinajstić information content (AvgIpc) is 3.41. The first-order chi connectivity index (χ1) is 17.6. The zero-order valence-corrected chi connectivity index (χ0v) is 21.7. The summed E-state index contributed by atoms with van der Waals surface area (Å²) in [4.78, 5) is 24.8. The van der Waals surface area contributed by atoms with Gasteiger partial charge in [-0.2, -0.15) is 4.98 Å². The van der Waals surface area contributed by atoms with Crippen molar-refractivity contribution >= 4 is 5.91 Å². The average molecular weight is 498 g/mol. The summed E-state index contributed by atoms with van der Waals surface area (Å²) in [5.41, 5.74) is 0.815. The van der Waals surface area contributed by atoms with Crippen molar-refractivity contribution in [1.29, 1.82) is 0 Å². The van der Waals surface area contributed by atoms with Gasteiger partial charge in [0.25, 0.3) is 0 Å². The van der Waals surface area contributed by atoms with Crippen molar-refractivity contribution in [2.45, 2.75) is 57.5 Å². The van der Waals surface area contributed by atoms with Gasteiger partial charge in [0, 0.05) is 43.7 Å². The molecule has 2 aliphatic heterocycles. The fourth-order valence-electron chi connectivity index (χ4n) is 5.95. The molecule has 5 rings (SSSR count). The van der Waals surface area contributed by atoms with E-state index in [0.29, 0.717) is 35.7 Å². The van der Waals surface area contributed by atoms with Gasteiger partial charge in [-0.05, 0) is 57.0 Å². The minimum Gasteiger partial charge on any atom is -0.493 e. The van der Waals surface area contributed by atoms with Gasteiger partial charge < -0.3 is 18.9 Å². The normalized spacial score (nSPS) is 21.0. The molecule has 0 atom stereocenters. The van der Waals surface area contributed by atoms with Crippen molar-refractivity contribution in [2.24, 2.45) is 5.92 Å². The van der Waals surface area contributed by atoms with Crippen LogP contribution in [0.2, 0.25) is 0 Å². The van der Waals surface area contributed by atoms with Crippen LogP contribution in [0.3, 0.4) is 0 Å². The number of amides is 1. The number of nitrogens with zero attached hydrogens (tertiary/aromatic N) is 5. The highest BCUT2D eigenvalue weighted by Gasteiger charge is 2.32. The monoisotopic (exact) mass is 497 g/mol. The topological polar surface area (TPSA) is 84.2 Å². The first-order valence-electron chi connectivity index (χ1n) is 13.4. The van der Waals surface area contributed by atoms with Crippen LogP contribution in [0.25, 0.3) is 11.4 Å². The third-order valence-electron chi connectivity index (χ3n) is 8.12. The van der Waals surface area contributed by atoms with E-state index >= 15 is 0 Å². The fourth-order valence-corrected chi connectivity index (χ4v) is 5.95. The van der Waals surface area contributed by atoms with E-state index < -0.39 is 0 Å². The highest BCUT2D eigenvalue weighted by molar-refractivity contribution is 5.79. The van der Waals surface area contributed by atoms with Crippen molar-refractivity contribution in [3.63, 3.8) is 0 Å². The highest BCUT2D eigenvalue weighted by Crippen LogP contribution is 2.31. The zero-order chi connectivity index (χ0) is 24.9. The number of likely N-dealkylation sites (tertiary alicyclic amines) is 1. The summed E-state index contributed by atoms with van der Waals surface area (Å²) in [6.45, 7) is 6.18. The molecule has 1 saturated carbocycles. The Morgan fingerprint density at radius 2 is 1.67 bits per heavy atom. The minimum atomic E-state index is 0.132. The number of carbonyl (C=O) groups is 1. The van der Waals surface area contributed by atoms with Crippen LogP contribution in [0.15, 0.2) is 22.7 Å². The predicted octanol–water partition coefficient (Wildman–Crippen LogP) is 3.44. The van der Waals surface area contributed by atoms with Gasteiger partial charge in [0.05, 0.1) is 20.8 Å². The molecule has 2 aromatic rings. The number of piperidine rings is 1. The van der Waals surface area contributed by atoms with Crippen molar-refractivity contribution in [3.8, 4) is 22.9 Å². The molecular weight excluding hydrogens is 458 g/mol. The number of rotatable bonds is 7. The third-order valence-corrected chi connectivity index (χ3v) is 8.12. The molecule has 0 unspecified atom stereocenters. The van der Waals surface area contributed by atoms with E-state index in [4.69, 9.17) is 14.0 Å². The molecule has 2 saturated heterocycles. The number of ether oxygens (including phenoxy) is 2. The Labute approximate surface area is 213 Å². The summed E-state index contributed by atoms with van der Waals surface area (Å²) < 4.78 is 16.2. The van der Waals surface area contributed by atoms with Gasteiger partial charge in [-0.3, -0.25) is 14.6 Å². The number of benzene rings is 1. The molecule has 0 radical (unpaired) electrons. The first kappa shape index (κ1) is 25.0. The van der Waals surface area contributed by atoms with Crippen LogP contribution in [0, 0.1) is 5.92 Å². The second-order valence-electron chi connectivity index (χ2n) is 10.3. The maximum Gasteiger partial charge on any atom is 0.241 e. The molecule has 1 aromatic carbocycles. The summed E-state index contributed by atoms with van der Waals surface area (Å²) in [5, 5.41) is 4.15. The molecule has 3 fully saturated rings. The molecule has 36 heavy (non-hydrogen) atoms. The lowest BCUT2D eigenvalue weighted by Gasteiger charge is -2.42. The van der Waals surface area contributed by atoms with Gasteiger partial charge in [-0.15, -0.1) is 0 Å². The van der Waals surface area contributed by atoms with Gasteiger partial charge in [0.1, 0.15) is 0 Å². The van der Waals surface area contributed by atoms with Crippen molar-refractivity contribution in [3.05, 3.63) is 24.1 Å². The van der Waals surface area contributed by atoms with Crippen molar-refractivity contribution in [1.82, 2.24) is 24.8 Å². The number of carbonyl (C=O) groups excluding carboxylic acids is 1. The molecule has 1 aliphatic carbocycles. The van der Waals surface area contributed by atoms with E-state index in [-0.39, 0.29) is 5.92 Å². The molecule has 0 spiro atoms. The Kier molecular flexibility index (Phi) is 8.06. The van der Waals surface area contributed by atoms with Crippen molar-refractivity contribution < 1.29 is 18.8 Å². The lowest BCUT2D eigenvalue weighted by Crippen LogP contribution is -2.54. The third kappa shape index (κ3) is 5.67. The number of hydrogen-bond acceptors (Lipinski definition) is 8. The lowest BCUT2D eigenvalue weighted by molar-refractivity contribution is -0.139. The van der Waals surface area contributed by atoms with Gasteiger partial charge >= 0.3 is 0 Å². The second-order valence-corrected chi connectivity index (χ2v) is 10.3. The largest absolute Gasteiger partial charge is 0.493 e. The van der Waals surface area contributed by atoms with Crippen LogP contribution >= 0.6 is 0 Å². The number of piperazine rings is 1. The Balaban J connectivity index is 1.08. The molecule has 0 N–H and O–H groups in total. The maximum absolute atomic E-state index is 13.2. The van der Waals surface area contributed by atoms with Crippen LogP contribution in [0.1, 0.15) is 50.8 Å². The van der Waals surface area contributed by atoms with Crippen LogP contribution < -0.4 is 9.47 Å². The molecule has 196 valence electrons. The standard InChI is InChI=1S/C27H39N5O4/c1-34-23-9-8-21(18-24(23)35-2)26-28-25(36-29-26)19-30-12-10-20(11-13-30)27(33)32-16-14-31(15-17-32)22-6-4-3-5-7-22/h8-9,18,20,22H,3-7,10-17,19H2,1-2H3. The molecule has 0 bridgehead atoms. The number of aromatic nitrogens is 2. The maximum atomic E-state index is 13.2. The Bertz CT molecular complexity index is 1010. The van der Waals surface area contributed by atoms with Gasteiger partial charge in [0.2, 0.25) is 17.6 Å². The van der Waals surface area contributed by atoms with Crippen molar-refractivity contribution in [2.75, 3.05) is 53.5 Å². The summed E-state index contributed by atoms with van der Waals surface area (Å²) >= 11 is 0. The molecule has 3 heterocycles. The minimum absolute atomic E-state index is 0.132. The Morgan fingerprint density at radius 3 is 2.36 bits per heavy atom. The van der Waals surface area contributed by atoms with E-state index in [1.165, 1.54) is 32.1 Å². The van der Waals surface area contributed by atoms with E-state index in [1.807, 2.05) is 18.2 Å². The van der Waals surface area contributed by atoms with E-state index in [0.717, 1.165) is 63.7 Å². The predicted molar refractivity (Wildman–Crippen MR) is 136 cm³/mol. The van der Waals surface area contributed by atoms with E-state index in [1.54, 1.807) is 14.2 Å². The number of methoxy groups -OCH3 is 2. The quantitative estimate of drug-likeness (QED) is 0.575. The molecule has 1 aromatic heterocycles. The van der Waals surface area contributed by atoms with E-state index in [2.05, 4.69) is 24.8 Å². The first-order valence-corrected chi connectivity index (χ1v) is 13.4. The van der Waals surface area contributed by atoms with Crippen LogP contribution in [0.4, 0.5) is 0 Å². The molecular formula is C27H39N5O4. The highest BCUT2D eigenvalue weighted by atomic mass is 16.5. The Hall–Kier alpha value is -2.65. The van der Waals surface area contributed by atoms with Gasteiger partial charge in [-0.25, -0.2) is 0 Å². The van der Waals surface area contributed by atoms with Crippen LogP contribution in [-0.4, -0.2) is 90.3 Å². The molecule has 1 amide bonds. The lowest BCUT2D eigenvalue weighted by atomic mass is 9.93. The summed E-state index contributed by atoms with van der Waals surface area (Å²) in [6.07, 6.45) is 8.56. The SMILES string of the molecule is COc1ccc(-c2noc(CN3CCC(C(=O)N4CCN(C5CCCCC5)CC4)CC3)n2)cc1OC. The summed E-state index contributed by atoms with van der Waals surface area (Å²) in [6, 6.07) is 6.32.